The first-order valence-electron chi connectivity index (χ1n) is 7.07. The fraction of sp³-hybridized carbons (Fsp3) is 0. The van der Waals surface area contributed by atoms with Crippen molar-refractivity contribution in [2.75, 3.05) is 0 Å². The second-order valence-electron chi connectivity index (χ2n) is 5.08. The molecule has 3 aromatic rings. The lowest BCUT2D eigenvalue weighted by Crippen LogP contribution is -1.78. The monoisotopic (exact) mass is 265 g/mol. The molecule has 0 radical (unpaired) electrons. The molecule has 4 rings (SSSR count). The molecule has 0 aromatic heterocycles. The number of benzene rings is 3. The average Bonchev–Trinajstić information content (AvgIpc) is 2.88. The van der Waals surface area contributed by atoms with Gasteiger partial charge in [0.05, 0.1) is 11.8 Å². The molecule has 0 bridgehead atoms. The summed E-state index contributed by atoms with van der Waals surface area (Å²) < 4.78 is 0. The van der Waals surface area contributed by atoms with Crippen molar-refractivity contribution in [2.45, 2.75) is 0 Å². The van der Waals surface area contributed by atoms with Crippen molar-refractivity contribution in [3.8, 4) is 11.1 Å². The Morgan fingerprint density at radius 2 is 1.00 bits per heavy atom. The van der Waals surface area contributed by atoms with Crippen LogP contribution in [0.1, 0.15) is 16.7 Å². The zero-order valence-electron chi connectivity index (χ0n) is 11.5. The van der Waals surface area contributed by atoms with E-state index >= 15 is 0 Å². The highest BCUT2D eigenvalue weighted by Crippen LogP contribution is 2.43. The SMILES string of the molecule is C(=[C+]c1ccccc1)=C1c2ccccc2-c2ccccc21. The Hall–Kier alpha value is -2.91. The molecule has 1 aliphatic rings. The summed E-state index contributed by atoms with van der Waals surface area (Å²) in [4.78, 5) is 0. The maximum Gasteiger partial charge on any atom is 0.155 e. The highest BCUT2D eigenvalue weighted by molar-refractivity contribution is 6.00. The van der Waals surface area contributed by atoms with Crippen LogP contribution in [0.2, 0.25) is 0 Å². The second kappa shape index (κ2) is 4.89. The van der Waals surface area contributed by atoms with Gasteiger partial charge in [0.2, 0.25) is 0 Å². The molecule has 0 aliphatic heterocycles. The lowest BCUT2D eigenvalue weighted by Gasteiger charge is -1.95. The molecule has 0 unspecified atom stereocenters. The first-order chi connectivity index (χ1) is 10.4. The van der Waals surface area contributed by atoms with Crippen molar-refractivity contribution in [2.24, 2.45) is 0 Å². The van der Waals surface area contributed by atoms with E-state index in [0.29, 0.717) is 0 Å². The van der Waals surface area contributed by atoms with Crippen LogP contribution >= 0.6 is 0 Å². The van der Waals surface area contributed by atoms with Gasteiger partial charge in [0, 0.05) is 34.4 Å². The highest BCUT2D eigenvalue weighted by Gasteiger charge is 2.25. The molecule has 96 valence electrons. The van der Waals surface area contributed by atoms with Crippen molar-refractivity contribution < 1.29 is 0 Å². The average molecular weight is 265 g/mol. The molecular formula is C21H13+. The van der Waals surface area contributed by atoms with E-state index in [1.165, 1.54) is 22.3 Å². The smallest absolute Gasteiger partial charge is 0.0615 e. The van der Waals surface area contributed by atoms with Crippen LogP contribution in [-0.4, -0.2) is 0 Å². The van der Waals surface area contributed by atoms with E-state index in [9.17, 15) is 0 Å². The standard InChI is InChI=1S/C21H13/c1-2-8-16(9-3-1)14-15-21-19-12-6-4-10-17(19)18-11-5-7-13-20(18)21/h1-13H/q+1. The summed E-state index contributed by atoms with van der Waals surface area (Å²) in [5.41, 5.74) is 10.6. The van der Waals surface area contributed by atoms with Gasteiger partial charge in [0.1, 0.15) is 5.57 Å². The fourth-order valence-corrected chi connectivity index (χ4v) is 2.81. The molecule has 1 aliphatic carbocycles. The summed E-state index contributed by atoms with van der Waals surface area (Å²) in [6.45, 7) is 0. The van der Waals surface area contributed by atoms with Gasteiger partial charge >= 0.3 is 0 Å². The zero-order valence-corrected chi connectivity index (χ0v) is 11.5. The third-order valence-electron chi connectivity index (χ3n) is 3.79. The van der Waals surface area contributed by atoms with E-state index in [1.54, 1.807) is 0 Å². The van der Waals surface area contributed by atoms with Gasteiger partial charge in [-0.15, -0.1) is 0 Å². The zero-order chi connectivity index (χ0) is 14.1. The maximum atomic E-state index is 3.38. The molecule has 0 fully saturated rings. The van der Waals surface area contributed by atoms with Gasteiger partial charge in [-0.3, -0.25) is 0 Å². The van der Waals surface area contributed by atoms with Gasteiger partial charge in [0.25, 0.3) is 0 Å². The summed E-state index contributed by atoms with van der Waals surface area (Å²) in [5.74, 6) is 0. The van der Waals surface area contributed by atoms with Gasteiger partial charge in [-0.1, -0.05) is 36.4 Å². The molecule has 0 nitrogen and oxygen atoms in total. The highest BCUT2D eigenvalue weighted by atomic mass is 14.2. The minimum absolute atomic E-state index is 1.05. The third-order valence-corrected chi connectivity index (χ3v) is 3.79. The molecular weight excluding hydrogens is 252 g/mol. The topological polar surface area (TPSA) is 0 Å². The lowest BCUT2D eigenvalue weighted by molar-refractivity contribution is 1.57. The normalized spacial score (nSPS) is 11.3. The fourth-order valence-electron chi connectivity index (χ4n) is 2.81. The minimum atomic E-state index is 1.05. The quantitative estimate of drug-likeness (QED) is 0.331. The van der Waals surface area contributed by atoms with Crippen LogP contribution < -0.4 is 0 Å². The van der Waals surface area contributed by atoms with Gasteiger partial charge in [-0.25, -0.2) is 0 Å². The van der Waals surface area contributed by atoms with Gasteiger partial charge in [-0.2, -0.15) is 0 Å². The molecule has 0 spiro atoms. The molecule has 0 saturated carbocycles. The first-order valence-corrected chi connectivity index (χ1v) is 7.07. The Morgan fingerprint density at radius 3 is 1.57 bits per heavy atom. The second-order valence-corrected chi connectivity index (χ2v) is 5.08. The summed E-state index contributed by atoms with van der Waals surface area (Å²) in [7, 11) is 0. The largest absolute Gasteiger partial charge is 0.155 e. The number of hydrogen-bond acceptors (Lipinski definition) is 0. The van der Waals surface area contributed by atoms with Crippen molar-refractivity contribution in [1.82, 2.24) is 0 Å². The first kappa shape index (κ1) is 11.9. The Bertz CT molecular complexity index is 816. The Morgan fingerprint density at radius 1 is 0.524 bits per heavy atom. The Kier molecular flexibility index (Phi) is 2.76. The minimum Gasteiger partial charge on any atom is -0.0615 e. The number of hydrogen-bond donors (Lipinski definition) is 0. The predicted octanol–water partition coefficient (Wildman–Crippen LogP) is 5.11. The van der Waals surface area contributed by atoms with Crippen molar-refractivity contribution in [3.63, 3.8) is 0 Å². The molecule has 0 amide bonds. The van der Waals surface area contributed by atoms with E-state index in [2.05, 4.69) is 60.3 Å². The van der Waals surface area contributed by atoms with E-state index < -0.39 is 0 Å². The third kappa shape index (κ3) is 2.00. The molecule has 0 saturated heterocycles. The van der Waals surface area contributed by atoms with Crippen molar-refractivity contribution in [3.05, 3.63) is 107 Å². The molecule has 3 aromatic carbocycles. The lowest BCUT2D eigenvalue weighted by atomic mass is 10.0. The van der Waals surface area contributed by atoms with Crippen LogP contribution in [0.15, 0.2) is 84.6 Å². The summed E-state index contributed by atoms with van der Waals surface area (Å²) in [5, 5.41) is 0. The molecule has 0 N–H and O–H groups in total. The number of fused-ring (bicyclic) bond motifs is 3. The van der Waals surface area contributed by atoms with Gasteiger partial charge in [0.15, 0.2) is 5.56 Å². The van der Waals surface area contributed by atoms with E-state index in [4.69, 9.17) is 0 Å². The van der Waals surface area contributed by atoms with Crippen LogP contribution in [0, 0.1) is 6.08 Å². The van der Waals surface area contributed by atoms with Crippen LogP contribution in [0.5, 0.6) is 0 Å². The summed E-state index contributed by atoms with van der Waals surface area (Å²) in [6.07, 6.45) is 3.28. The molecule has 0 heteroatoms. The van der Waals surface area contributed by atoms with E-state index in [-0.39, 0.29) is 0 Å². The predicted molar refractivity (Wildman–Crippen MR) is 86.7 cm³/mol. The van der Waals surface area contributed by atoms with Gasteiger partial charge < -0.3 is 0 Å². The van der Waals surface area contributed by atoms with Crippen LogP contribution in [0.4, 0.5) is 0 Å². The van der Waals surface area contributed by atoms with Crippen molar-refractivity contribution in [1.29, 1.82) is 0 Å². The van der Waals surface area contributed by atoms with Crippen LogP contribution in [0.25, 0.3) is 16.7 Å². The van der Waals surface area contributed by atoms with Crippen molar-refractivity contribution >= 4 is 5.57 Å². The molecule has 0 heterocycles. The Balaban J connectivity index is 1.95. The van der Waals surface area contributed by atoms with Crippen LogP contribution in [-0.2, 0) is 0 Å². The number of rotatable bonds is 1. The van der Waals surface area contributed by atoms with E-state index in [0.717, 1.165) is 11.1 Å². The van der Waals surface area contributed by atoms with E-state index in [1.807, 2.05) is 30.3 Å². The Labute approximate surface area is 124 Å². The summed E-state index contributed by atoms with van der Waals surface area (Å²) >= 11 is 0. The summed E-state index contributed by atoms with van der Waals surface area (Å²) in [6, 6.07) is 27.1. The molecule has 21 heavy (non-hydrogen) atoms. The maximum absolute atomic E-state index is 3.38. The van der Waals surface area contributed by atoms with Gasteiger partial charge in [-0.05, 0) is 30.3 Å². The molecule has 0 atom stereocenters. The van der Waals surface area contributed by atoms with Crippen LogP contribution in [0.3, 0.4) is 0 Å².